The molecular formula is C14H24S3. The van der Waals surface area contributed by atoms with Gasteiger partial charge in [0.2, 0.25) is 0 Å². The molecule has 0 aliphatic rings. The van der Waals surface area contributed by atoms with E-state index >= 15 is 0 Å². The maximum Gasteiger partial charge on any atom is 0.0315 e. The molecule has 1 heterocycles. The Labute approximate surface area is 119 Å². The summed E-state index contributed by atoms with van der Waals surface area (Å²) in [6.45, 7) is 9.23. The minimum atomic E-state index is 0.826. The molecule has 1 aromatic rings. The number of hydrogen-bond acceptors (Lipinski definition) is 3. The van der Waals surface area contributed by atoms with Gasteiger partial charge in [0.1, 0.15) is 0 Å². The van der Waals surface area contributed by atoms with Crippen LogP contribution < -0.4 is 0 Å². The summed E-state index contributed by atoms with van der Waals surface area (Å²) in [7, 11) is 0. The lowest BCUT2D eigenvalue weighted by Crippen LogP contribution is -1.96. The molecule has 0 saturated heterocycles. The molecule has 3 heteroatoms. The zero-order valence-electron chi connectivity index (χ0n) is 11.4. The summed E-state index contributed by atoms with van der Waals surface area (Å²) >= 11 is 5.91. The Balaban J connectivity index is 2.42. The van der Waals surface area contributed by atoms with Crippen LogP contribution in [0.5, 0.6) is 0 Å². The Morgan fingerprint density at radius 1 is 0.941 bits per heavy atom. The number of thiophene rings is 1. The van der Waals surface area contributed by atoms with Crippen LogP contribution in [-0.4, -0.2) is 11.5 Å². The fourth-order valence-electron chi connectivity index (χ4n) is 1.18. The van der Waals surface area contributed by atoms with Gasteiger partial charge >= 0.3 is 0 Å². The van der Waals surface area contributed by atoms with Crippen molar-refractivity contribution in [3.63, 3.8) is 0 Å². The minimum Gasteiger partial charge on any atom is -0.150 e. The standard InChI is InChI=1S/C14H24S3/c1-5-11(3)7-16-13-9-15-10-14(13)17-8-12(4)6-2/h9-12H,5-8H2,1-4H3. The zero-order valence-corrected chi connectivity index (χ0v) is 13.8. The Kier molecular flexibility index (Phi) is 7.72. The first-order chi connectivity index (χ1) is 8.17. The average molecular weight is 289 g/mol. The molecule has 0 amide bonds. The molecule has 2 atom stereocenters. The maximum absolute atomic E-state index is 2.34. The first-order valence-corrected chi connectivity index (χ1v) is 9.40. The molecule has 1 rings (SSSR count). The normalized spacial score (nSPS) is 14.8. The van der Waals surface area contributed by atoms with Gasteiger partial charge < -0.3 is 0 Å². The van der Waals surface area contributed by atoms with Crippen LogP contribution in [0.1, 0.15) is 40.5 Å². The second-order valence-corrected chi connectivity index (χ2v) is 7.62. The first-order valence-electron chi connectivity index (χ1n) is 6.49. The van der Waals surface area contributed by atoms with Crippen molar-refractivity contribution in [1.82, 2.24) is 0 Å². The molecule has 0 fully saturated rings. The quantitative estimate of drug-likeness (QED) is 0.536. The van der Waals surface area contributed by atoms with Crippen LogP contribution in [0.4, 0.5) is 0 Å². The van der Waals surface area contributed by atoms with E-state index in [0.29, 0.717) is 0 Å². The van der Waals surface area contributed by atoms with Gasteiger partial charge in [-0.1, -0.05) is 40.5 Å². The van der Waals surface area contributed by atoms with Crippen molar-refractivity contribution >= 4 is 34.9 Å². The van der Waals surface area contributed by atoms with Gasteiger partial charge in [-0.2, -0.15) is 11.3 Å². The topological polar surface area (TPSA) is 0 Å². The summed E-state index contributed by atoms with van der Waals surface area (Å²) in [4.78, 5) is 3.01. The molecule has 2 unspecified atom stereocenters. The predicted molar refractivity (Wildman–Crippen MR) is 84.7 cm³/mol. The highest BCUT2D eigenvalue weighted by atomic mass is 32.2. The van der Waals surface area contributed by atoms with E-state index in [4.69, 9.17) is 0 Å². The van der Waals surface area contributed by atoms with Gasteiger partial charge in [0.05, 0.1) is 0 Å². The Bertz CT molecular complexity index is 278. The van der Waals surface area contributed by atoms with Crippen molar-refractivity contribution in [3.8, 4) is 0 Å². The van der Waals surface area contributed by atoms with Crippen molar-refractivity contribution in [1.29, 1.82) is 0 Å². The van der Waals surface area contributed by atoms with Crippen LogP contribution in [0.25, 0.3) is 0 Å². The van der Waals surface area contributed by atoms with Gasteiger partial charge in [0, 0.05) is 32.1 Å². The molecule has 0 bridgehead atoms. The fourth-order valence-corrected chi connectivity index (χ4v) is 4.94. The molecule has 0 saturated carbocycles. The highest BCUT2D eigenvalue weighted by Gasteiger charge is 2.08. The lowest BCUT2D eigenvalue weighted by atomic mass is 10.2. The summed E-state index contributed by atoms with van der Waals surface area (Å²) in [5.41, 5.74) is 0. The highest BCUT2D eigenvalue weighted by molar-refractivity contribution is 8.02. The second kappa shape index (κ2) is 8.49. The largest absolute Gasteiger partial charge is 0.150 e. The average Bonchev–Trinajstić information content (AvgIpc) is 2.80. The molecule has 0 aliphatic heterocycles. The van der Waals surface area contributed by atoms with E-state index in [2.05, 4.69) is 38.5 Å². The van der Waals surface area contributed by atoms with Crippen LogP contribution in [0, 0.1) is 11.8 Å². The van der Waals surface area contributed by atoms with E-state index in [0.717, 1.165) is 11.8 Å². The van der Waals surface area contributed by atoms with Crippen molar-refractivity contribution < 1.29 is 0 Å². The van der Waals surface area contributed by atoms with Gasteiger partial charge in [-0.15, -0.1) is 23.5 Å². The number of thioether (sulfide) groups is 2. The molecule has 0 aromatic carbocycles. The van der Waals surface area contributed by atoms with Crippen molar-refractivity contribution in [2.75, 3.05) is 11.5 Å². The van der Waals surface area contributed by atoms with Crippen LogP contribution in [-0.2, 0) is 0 Å². The number of rotatable bonds is 8. The van der Waals surface area contributed by atoms with E-state index in [9.17, 15) is 0 Å². The van der Waals surface area contributed by atoms with E-state index in [1.165, 1.54) is 34.1 Å². The van der Waals surface area contributed by atoms with Crippen molar-refractivity contribution in [2.45, 2.75) is 50.3 Å². The van der Waals surface area contributed by atoms with Gasteiger partial charge in [0.25, 0.3) is 0 Å². The van der Waals surface area contributed by atoms with Crippen LogP contribution in [0.2, 0.25) is 0 Å². The third-order valence-electron chi connectivity index (χ3n) is 3.03. The molecule has 0 nitrogen and oxygen atoms in total. The minimum absolute atomic E-state index is 0.826. The lowest BCUT2D eigenvalue weighted by Gasteiger charge is -2.10. The predicted octanol–water partition coefficient (Wildman–Crippen LogP) is 6.02. The smallest absolute Gasteiger partial charge is 0.0315 e. The van der Waals surface area contributed by atoms with E-state index < -0.39 is 0 Å². The molecule has 0 spiro atoms. The SMILES string of the molecule is CCC(C)CSc1cscc1SCC(C)CC. The van der Waals surface area contributed by atoms with Gasteiger partial charge in [0.15, 0.2) is 0 Å². The summed E-state index contributed by atoms with van der Waals surface area (Å²) < 4.78 is 0. The summed E-state index contributed by atoms with van der Waals surface area (Å²) in [5.74, 6) is 4.16. The molecule has 17 heavy (non-hydrogen) atoms. The lowest BCUT2D eigenvalue weighted by molar-refractivity contribution is 0.636. The molecule has 1 aromatic heterocycles. The summed E-state index contributed by atoms with van der Waals surface area (Å²) in [6, 6.07) is 0. The van der Waals surface area contributed by atoms with Crippen LogP contribution >= 0.6 is 34.9 Å². The van der Waals surface area contributed by atoms with Crippen LogP contribution in [0.3, 0.4) is 0 Å². The Morgan fingerprint density at radius 3 is 1.71 bits per heavy atom. The Morgan fingerprint density at radius 2 is 1.35 bits per heavy atom. The molecule has 98 valence electrons. The van der Waals surface area contributed by atoms with E-state index in [1.54, 1.807) is 0 Å². The zero-order chi connectivity index (χ0) is 12.7. The van der Waals surface area contributed by atoms with E-state index in [-0.39, 0.29) is 0 Å². The molecule has 0 N–H and O–H groups in total. The van der Waals surface area contributed by atoms with Crippen LogP contribution in [0.15, 0.2) is 20.6 Å². The van der Waals surface area contributed by atoms with Gasteiger partial charge in [-0.3, -0.25) is 0 Å². The third-order valence-corrected chi connectivity index (χ3v) is 6.97. The second-order valence-electron chi connectivity index (χ2n) is 4.75. The molecular weight excluding hydrogens is 264 g/mol. The van der Waals surface area contributed by atoms with Gasteiger partial charge in [-0.05, 0) is 11.8 Å². The summed E-state index contributed by atoms with van der Waals surface area (Å²) in [5, 5.41) is 4.62. The summed E-state index contributed by atoms with van der Waals surface area (Å²) in [6.07, 6.45) is 2.57. The first kappa shape index (κ1) is 15.5. The molecule has 0 aliphatic carbocycles. The van der Waals surface area contributed by atoms with Crippen molar-refractivity contribution in [3.05, 3.63) is 10.8 Å². The highest BCUT2D eigenvalue weighted by Crippen LogP contribution is 2.36. The third kappa shape index (κ3) is 5.71. The fraction of sp³-hybridized carbons (Fsp3) is 0.714. The Hall–Kier alpha value is 0.400. The van der Waals surface area contributed by atoms with Crippen molar-refractivity contribution in [2.24, 2.45) is 11.8 Å². The monoisotopic (exact) mass is 288 g/mol. The van der Waals surface area contributed by atoms with Gasteiger partial charge in [-0.25, -0.2) is 0 Å². The number of hydrogen-bond donors (Lipinski definition) is 0. The molecule has 0 radical (unpaired) electrons. The van der Waals surface area contributed by atoms with E-state index in [1.807, 2.05) is 34.9 Å². The maximum atomic E-state index is 2.34.